The Morgan fingerprint density at radius 1 is 1.36 bits per heavy atom. The molecule has 0 aromatic rings. The van der Waals surface area contributed by atoms with Crippen molar-refractivity contribution in [2.24, 2.45) is 0 Å². The SMILES string of the molecule is CC/C=C(\C)CCC(F)(F)F. The van der Waals surface area contributed by atoms with Gasteiger partial charge >= 0.3 is 6.18 Å². The second-order valence-corrected chi connectivity index (χ2v) is 2.57. The van der Waals surface area contributed by atoms with E-state index < -0.39 is 12.6 Å². The third-order valence-corrected chi connectivity index (χ3v) is 1.36. The molecule has 0 saturated heterocycles. The maximum atomic E-state index is 11.6. The van der Waals surface area contributed by atoms with Gasteiger partial charge in [-0.3, -0.25) is 0 Å². The highest BCUT2D eigenvalue weighted by Gasteiger charge is 2.26. The Kier molecular flexibility index (Phi) is 4.23. The minimum atomic E-state index is -4.01. The lowest BCUT2D eigenvalue weighted by Crippen LogP contribution is -2.06. The third kappa shape index (κ3) is 7.43. The zero-order valence-corrected chi connectivity index (χ0v) is 6.83. The molecule has 0 spiro atoms. The predicted molar refractivity (Wildman–Crippen MR) is 39.3 cm³/mol. The standard InChI is InChI=1S/C8H13F3/c1-3-4-7(2)5-6-8(9,10)11/h4H,3,5-6H2,1-2H3/b7-4+. The van der Waals surface area contributed by atoms with Gasteiger partial charge in [-0.05, 0) is 19.8 Å². The number of hydrogen-bond acceptors (Lipinski definition) is 0. The zero-order chi connectivity index (χ0) is 8.91. The summed E-state index contributed by atoms with van der Waals surface area (Å²) in [5, 5.41) is 0. The summed E-state index contributed by atoms with van der Waals surface area (Å²) in [4.78, 5) is 0. The van der Waals surface area contributed by atoms with Gasteiger partial charge in [0.25, 0.3) is 0 Å². The van der Waals surface area contributed by atoms with Gasteiger partial charge in [-0.15, -0.1) is 0 Å². The zero-order valence-electron chi connectivity index (χ0n) is 6.83. The van der Waals surface area contributed by atoms with Crippen molar-refractivity contribution in [2.45, 2.75) is 39.3 Å². The van der Waals surface area contributed by atoms with Crippen LogP contribution < -0.4 is 0 Å². The average Bonchev–Trinajstić information content (AvgIpc) is 1.83. The minimum absolute atomic E-state index is 0.136. The third-order valence-electron chi connectivity index (χ3n) is 1.36. The van der Waals surface area contributed by atoms with Gasteiger partial charge in [0.2, 0.25) is 0 Å². The minimum Gasteiger partial charge on any atom is -0.171 e. The lowest BCUT2D eigenvalue weighted by molar-refractivity contribution is -0.133. The Bertz CT molecular complexity index is 133. The van der Waals surface area contributed by atoms with Crippen molar-refractivity contribution in [3.05, 3.63) is 11.6 Å². The lowest BCUT2D eigenvalue weighted by Gasteiger charge is -2.05. The lowest BCUT2D eigenvalue weighted by atomic mass is 10.1. The molecular formula is C8H13F3. The molecule has 0 heterocycles. The highest BCUT2D eigenvalue weighted by Crippen LogP contribution is 2.23. The quantitative estimate of drug-likeness (QED) is 0.561. The van der Waals surface area contributed by atoms with Crippen molar-refractivity contribution in [1.82, 2.24) is 0 Å². The Labute approximate surface area is 65.1 Å². The summed E-state index contributed by atoms with van der Waals surface area (Å²) in [5.41, 5.74) is 0.824. The van der Waals surface area contributed by atoms with E-state index in [1.54, 1.807) is 6.92 Å². The highest BCUT2D eigenvalue weighted by molar-refractivity contribution is 4.97. The van der Waals surface area contributed by atoms with Crippen molar-refractivity contribution >= 4 is 0 Å². The molecule has 0 aliphatic rings. The summed E-state index contributed by atoms with van der Waals surface area (Å²) < 4.78 is 34.9. The molecule has 0 fully saturated rings. The van der Waals surface area contributed by atoms with Gasteiger partial charge in [0.05, 0.1) is 0 Å². The van der Waals surface area contributed by atoms with Crippen LogP contribution in [0.4, 0.5) is 13.2 Å². The summed E-state index contributed by atoms with van der Waals surface area (Å²) >= 11 is 0. The largest absolute Gasteiger partial charge is 0.389 e. The van der Waals surface area contributed by atoms with Crippen LogP contribution in [0.25, 0.3) is 0 Å². The molecular weight excluding hydrogens is 153 g/mol. The first-order chi connectivity index (χ1) is 4.95. The van der Waals surface area contributed by atoms with Gasteiger partial charge in [0.15, 0.2) is 0 Å². The highest BCUT2D eigenvalue weighted by atomic mass is 19.4. The molecule has 0 rings (SSSR count). The fraction of sp³-hybridized carbons (Fsp3) is 0.750. The van der Waals surface area contributed by atoms with Crippen LogP contribution >= 0.6 is 0 Å². The number of allylic oxidation sites excluding steroid dienone is 2. The number of alkyl halides is 3. The molecule has 0 radical (unpaired) electrons. The van der Waals surface area contributed by atoms with Gasteiger partial charge in [-0.1, -0.05) is 18.6 Å². The van der Waals surface area contributed by atoms with Gasteiger partial charge < -0.3 is 0 Å². The predicted octanol–water partition coefficient (Wildman–Crippen LogP) is 3.69. The van der Waals surface area contributed by atoms with Crippen LogP contribution in [0.5, 0.6) is 0 Å². The van der Waals surface area contributed by atoms with Crippen molar-refractivity contribution in [1.29, 1.82) is 0 Å². The Morgan fingerprint density at radius 3 is 2.27 bits per heavy atom. The van der Waals surface area contributed by atoms with E-state index >= 15 is 0 Å². The Balaban J connectivity index is 3.62. The van der Waals surface area contributed by atoms with Crippen molar-refractivity contribution in [3.8, 4) is 0 Å². The van der Waals surface area contributed by atoms with E-state index in [2.05, 4.69) is 0 Å². The molecule has 0 atom stereocenters. The van der Waals surface area contributed by atoms with Crippen molar-refractivity contribution < 1.29 is 13.2 Å². The molecule has 0 bridgehead atoms. The van der Waals surface area contributed by atoms with Crippen LogP contribution in [0.15, 0.2) is 11.6 Å². The molecule has 0 nitrogen and oxygen atoms in total. The summed E-state index contributed by atoms with van der Waals surface area (Å²) in [6.07, 6.45) is -1.94. The maximum absolute atomic E-state index is 11.6. The maximum Gasteiger partial charge on any atom is 0.389 e. The molecule has 11 heavy (non-hydrogen) atoms. The van der Waals surface area contributed by atoms with E-state index in [0.717, 1.165) is 12.0 Å². The summed E-state index contributed by atoms with van der Waals surface area (Å²) in [7, 11) is 0. The molecule has 0 N–H and O–H groups in total. The van der Waals surface area contributed by atoms with E-state index in [4.69, 9.17) is 0 Å². The fourth-order valence-corrected chi connectivity index (χ4v) is 0.789. The summed E-state index contributed by atoms with van der Waals surface area (Å²) in [5.74, 6) is 0. The molecule has 0 aromatic carbocycles. The first-order valence-electron chi connectivity index (χ1n) is 3.68. The normalized spacial score (nSPS) is 13.7. The van der Waals surface area contributed by atoms with Crippen molar-refractivity contribution in [3.63, 3.8) is 0 Å². The van der Waals surface area contributed by atoms with Gasteiger partial charge in [0.1, 0.15) is 0 Å². The van der Waals surface area contributed by atoms with E-state index in [1.165, 1.54) is 0 Å². The van der Waals surface area contributed by atoms with Gasteiger partial charge in [0, 0.05) is 6.42 Å². The van der Waals surface area contributed by atoms with Crippen LogP contribution in [-0.4, -0.2) is 6.18 Å². The Hall–Kier alpha value is -0.470. The average molecular weight is 166 g/mol. The Morgan fingerprint density at radius 2 is 1.91 bits per heavy atom. The van der Waals surface area contributed by atoms with E-state index in [0.29, 0.717) is 0 Å². The molecule has 3 heteroatoms. The molecule has 66 valence electrons. The summed E-state index contributed by atoms with van der Waals surface area (Å²) in [6, 6.07) is 0. The smallest absolute Gasteiger partial charge is 0.171 e. The van der Waals surface area contributed by atoms with Crippen LogP contribution in [0, 0.1) is 0 Å². The second-order valence-electron chi connectivity index (χ2n) is 2.57. The van der Waals surface area contributed by atoms with Gasteiger partial charge in [-0.2, -0.15) is 13.2 Å². The monoisotopic (exact) mass is 166 g/mol. The van der Waals surface area contributed by atoms with E-state index in [-0.39, 0.29) is 6.42 Å². The number of halogens is 3. The topological polar surface area (TPSA) is 0 Å². The van der Waals surface area contributed by atoms with Gasteiger partial charge in [-0.25, -0.2) is 0 Å². The second kappa shape index (κ2) is 4.42. The molecule has 0 saturated carbocycles. The van der Waals surface area contributed by atoms with Crippen molar-refractivity contribution in [2.75, 3.05) is 0 Å². The first-order valence-corrected chi connectivity index (χ1v) is 3.68. The molecule has 0 aliphatic heterocycles. The number of rotatable bonds is 3. The van der Waals surface area contributed by atoms with E-state index in [9.17, 15) is 13.2 Å². The fourth-order valence-electron chi connectivity index (χ4n) is 0.789. The van der Waals surface area contributed by atoms with Crippen LogP contribution in [0.1, 0.15) is 33.1 Å². The molecule has 0 aliphatic carbocycles. The van der Waals surface area contributed by atoms with Crippen LogP contribution in [0.2, 0.25) is 0 Å². The first kappa shape index (κ1) is 10.5. The molecule has 0 amide bonds. The van der Waals surface area contributed by atoms with Crippen LogP contribution in [-0.2, 0) is 0 Å². The molecule has 0 unspecified atom stereocenters. The van der Waals surface area contributed by atoms with Crippen LogP contribution in [0.3, 0.4) is 0 Å². The molecule has 0 aromatic heterocycles. The van der Waals surface area contributed by atoms with E-state index in [1.807, 2.05) is 13.0 Å². The summed E-state index contributed by atoms with van der Waals surface area (Å²) in [6.45, 7) is 3.65. The number of hydrogen-bond donors (Lipinski definition) is 0.